The second kappa shape index (κ2) is 7.75. The molecule has 164 valence electrons. The lowest BCUT2D eigenvalue weighted by Gasteiger charge is -2.22. The summed E-state index contributed by atoms with van der Waals surface area (Å²) >= 11 is 0. The first kappa shape index (κ1) is 20.2. The van der Waals surface area contributed by atoms with Crippen molar-refractivity contribution < 1.29 is 19.0 Å². The van der Waals surface area contributed by atoms with E-state index in [1.807, 2.05) is 30.1 Å². The second-order valence-corrected chi connectivity index (χ2v) is 8.24. The first-order chi connectivity index (χ1) is 15.5. The monoisotopic (exact) mass is 433 g/mol. The number of methoxy groups -OCH3 is 1. The zero-order valence-electron chi connectivity index (χ0n) is 18.0. The standard InChI is InChI=1S/C25H24FN3O3/c1-27-15-29(13-16-6-4-3-5-7-16)22-21(27)23(30)20-19(24(22)32-2)14-28(25(20)31)12-17-8-10-18(26)11-9-17/h3-11,30H,12-15H2,1-2H3. The third-order valence-electron chi connectivity index (χ3n) is 6.11. The van der Waals surface area contributed by atoms with Gasteiger partial charge in [0.1, 0.15) is 22.9 Å². The SMILES string of the molecule is COc1c2c(c(O)c3c1N(Cc1ccccc1)CN3C)C(=O)N(Cc1ccc(F)cc1)C2. The Morgan fingerprint density at radius 3 is 2.31 bits per heavy atom. The summed E-state index contributed by atoms with van der Waals surface area (Å²) in [5.74, 6) is 0.0309. The number of phenolic OH excluding ortho intramolecular Hbond substituents is 1. The van der Waals surface area contributed by atoms with Gasteiger partial charge in [0.15, 0.2) is 5.75 Å². The average molecular weight is 433 g/mol. The van der Waals surface area contributed by atoms with Gasteiger partial charge in [-0.3, -0.25) is 4.79 Å². The fourth-order valence-corrected chi connectivity index (χ4v) is 4.68. The van der Waals surface area contributed by atoms with Crippen molar-refractivity contribution in [2.45, 2.75) is 19.6 Å². The van der Waals surface area contributed by atoms with Crippen molar-refractivity contribution in [3.8, 4) is 11.5 Å². The number of halogens is 1. The van der Waals surface area contributed by atoms with Gasteiger partial charge in [-0.1, -0.05) is 42.5 Å². The summed E-state index contributed by atoms with van der Waals surface area (Å²) in [4.78, 5) is 19.0. The largest absolute Gasteiger partial charge is 0.505 e. The second-order valence-electron chi connectivity index (χ2n) is 8.24. The van der Waals surface area contributed by atoms with Crippen LogP contribution in [0.5, 0.6) is 11.5 Å². The van der Waals surface area contributed by atoms with Crippen LogP contribution in [0, 0.1) is 5.82 Å². The van der Waals surface area contributed by atoms with Crippen LogP contribution in [0.15, 0.2) is 54.6 Å². The summed E-state index contributed by atoms with van der Waals surface area (Å²) < 4.78 is 19.1. The van der Waals surface area contributed by atoms with Gasteiger partial charge in [-0.2, -0.15) is 0 Å². The normalized spacial score (nSPS) is 14.7. The molecular formula is C25H24FN3O3. The van der Waals surface area contributed by atoms with E-state index < -0.39 is 0 Å². The molecule has 0 saturated heterocycles. The molecule has 0 atom stereocenters. The number of anilines is 2. The Morgan fingerprint density at radius 2 is 1.62 bits per heavy atom. The van der Waals surface area contributed by atoms with Gasteiger partial charge >= 0.3 is 0 Å². The molecule has 5 rings (SSSR count). The van der Waals surface area contributed by atoms with Crippen molar-refractivity contribution >= 4 is 17.3 Å². The van der Waals surface area contributed by atoms with Crippen molar-refractivity contribution in [3.05, 3.63) is 82.7 Å². The molecule has 6 nitrogen and oxygen atoms in total. The molecule has 0 fully saturated rings. The van der Waals surface area contributed by atoms with Gasteiger partial charge < -0.3 is 24.5 Å². The molecule has 2 heterocycles. The Bertz CT molecular complexity index is 1180. The molecule has 0 aliphatic carbocycles. The van der Waals surface area contributed by atoms with Crippen LogP contribution in [0.25, 0.3) is 0 Å². The van der Waals surface area contributed by atoms with Crippen LogP contribution in [0.2, 0.25) is 0 Å². The Kier molecular flexibility index (Phi) is 4.89. The minimum Gasteiger partial charge on any atom is -0.505 e. The number of ether oxygens (including phenoxy) is 1. The molecule has 0 radical (unpaired) electrons. The molecular weight excluding hydrogens is 409 g/mol. The maximum absolute atomic E-state index is 13.3. The number of aromatic hydroxyl groups is 1. The fourth-order valence-electron chi connectivity index (χ4n) is 4.68. The molecule has 2 aliphatic rings. The van der Waals surface area contributed by atoms with Crippen molar-refractivity contribution in [3.63, 3.8) is 0 Å². The van der Waals surface area contributed by atoms with Gasteiger partial charge in [-0.05, 0) is 23.3 Å². The van der Waals surface area contributed by atoms with Gasteiger partial charge in [0, 0.05) is 25.7 Å². The van der Waals surface area contributed by atoms with E-state index in [-0.39, 0.29) is 23.0 Å². The zero-order chi connectivity index (χ0) is 22.4. The quantitative estimate of drug-likeness (QED) is 0.656. The lowest BCUT2D eigenvalue weighted by molar-refractivity contribution is 0.0764. The van der Waals surface area contributed by atoms with Gasteiger partial charge in [0.25, 0.3) is 5.91 Å². The Labute approximate surface area is 186 Å². The number of amides is 1. The highest BCUT2D eigenvalue weighted by Gasteiger charge is 2.41. The van der Waals surface area contributed by atoms with Crippen molar-refractivity contribution in [1.82, 2.24) is 4.90 Å². The van der Waals surface area contributed by atoms with E-state index in [2.05, 4.69) is 17.0 Å². The van der Waals surface area contributed by atoms with E-state index >= 15 is 0 Å². The van der Waals surface area contributed by atoms with Crippen LogP contribution >= 0.6 is 0 Å². The third kappa shape index (κ3) is 3.21. The Hall–Kier alpha value is -3.74. The highest BCUT2D eigenvalue weighted by atomic mass is 19.1. The number of carbonyl (C=O) groups is 1. The average Bonchev–Trinajstić information content (AvgIpc) is 3.28. The van der Waals surface area contributed by atoms with Crippen LogP contribution in [-0.2, 0) is 19.6 Å². The number of carbonyl (C=O) groups excluding carboxylic acids is 1. The van der Waals surface area contributed by atoms with Gasteiger partial charge in [0.2, 0.25) is 0 Å². The van der Waals surface area contributed by atoms with Crippen LogP contribution in [0.3, 0.4) is 0 Å². The molecule has 1 amide bonds. The number of hydrogen-bond acceptors (Lipinski definition) is 5. The lowest BCUT2D eigenvalue weighted by atomic mass is 10.0. The predicted molar refractivity (Wildman–Crippen MR) is 121 cm³/mol. The number of phenols is 1. The third-order valence-corrected chi connectivity index (χ3v) is 6.11. The number of rotatable bonds is 5. The van der Waals surface area contributed by atoms with Crippen LogP contribution in [-0.4, -0.2) is 36.7 Å². The van der Waals surface area contributed by atoms with Crippen LogP contribution in [0.4, 0.5) is 15.8 Å². The maximum atomic E-state index is 13.3. The summed E-state index contributed by atoms with van der Waals surface area (Å²) in [6, 6.07) is 16.2. The summed E-state index contributed by atoms with van der Waals surface area (Å²) in [5.41, 5.74) is 4.34. The molecule has 32 heavy (non-hydrogen) atoms. The van der Waals surface area contributed by atoms with E-state index in [1.165, 1.54) is 12.1 Å². The first-order valence-corrected chi connectivity index (χ1v) is 10.5. The van der Waals surface area contributed by atoms with Gasteiger partial charge in [0.05, 0.1) is 25.9 Å². The van der Waals surface area contributed by atoms with Crippen LogP contribution < -0.4 is 14.5 Å². The maximum Gasteiger partial charge on any atom is 0.258 e. The Balaban J connectivity index is 1.54. The molecule has 2 aliphatic heterocycles. The highest BCUT2D eigenvalue weighted by Crippen LogP contribution is 2.54. The smallest absolute Gasteiger partial charge is 0.258 e. The molecule has 0 bridgehead atoms. The predicted octanol–water partition coefficient (Wildman–Crippen LogP) is 4.11. The minimum absolute atomic E-state index is 0.0135. The summed E-state index contributed by atoms with van der Waals surface area (Å²) in [6.07, 6.45) is 0. The van der Waals surface area contributed by atoms with Crippen molar-refractivity contribution in [1.29, 1.82) is 0 Å². The van der Waals surface area contributed by atoms with E-state index in [9.17, 15) is 14.3 Å². The fraction of sp³-hybridized carbons (Fsp3) is 0.240. The summed E-state index contributed by atoms with van der Waals surface area (Å²) in [7, 11) is 3.49. The van der Waals surface area contributed by atoms with E-state index in [1.54, 1.807) is 24.1 Å². The molecule has 3 aromatic rings. The van der Waals surface area contributed by atoms with E-state index in [0.29, 0.717) is 43.3 Å². The molecule has 0 spiro atoms. The topological polar surface area (TPSA) is 56.3 Å². The Morgan fingerprint density at radius 1 is 0.969 bits per heavy atom. The first-order valence-electron chi connectivity index (χ1n) is 10.5. The summed E-state index contributed by atoms with van der Waals surface area (Å²) in [5, 5.41) is 11.2. The summed E-state index contributed by atoms with van der Waals surface area (Å²) in [6.45, 7) is 1.87. The van der Waals surface area contributed by atoms with E-state index in [4.69, 9.17) is 4.74 Å². The van der Waals surface area contributed by atoms with Crippen molar-refractivity contribution in [2.24, 2.45) is 0 Å². The minimum atomic E-state index is -0.318. The van der Waals surface area contributed by atoms with Crippen LogP contribution in [0.1, 0.15) is 27.0 Å². The number of benzene rings is 3. The van der Waals surface area contributed by atoms with E-state index in [0.717, 1.165) is 16.8 Å². The molecule has 7 heteroatoms. The highest BCUT2D eigenvalue weighted by molar-refractivity contribution is 6.07. The lowest BCUT2D eigenvalue weighted by Crippen LogP contribution is -2.28. The molecule has 0 saturated carbocycles. The zero-order valence-corrected chi connectivity index (χ0v) is 18.0. The number of hydrogen-bond donors (Lipinski definition) is 1. The number of fused-ring (bicyclic) bond motifs is 2. The molecule has 0 aromatic heterocycles. The molecule has 3 aromatic carbocycles. The molecule has 1 N–H and O–H groups in total. The van der Waals surface area contributed by atoms with Gasteiger partial charge in [-0.15, -0.1) is 0 Å². The molecule has 0 unspecified atom stereocenters. The van der Waals surface area contributed by atoms with Crippen molar-refractivity contribution in [2.75, 3.05) is 30.6 Å². The van der Waals surface area contributed by atoms with Gasteiger partial charge in [-0.25, -0.2) is 4.39 Å². The number of nitrogens with zero attached hydrogens (tertiary/aromatic N) is 3.